The summed E-state index contributed by atoms with van der Waals surface area (Å²) in [7, 11) is 1.60. The van der Waals surface area contributed by atoms with Gasteiger partial charge in [-0.05, 0) is 12.1 Å². The van der Waals surface area contributed by atoms with E-state index in [1.165, 1.54) is 22.7 Å². The Morgan fingerprint density at radius 2 is 2.23 bits per heavy atom. The van der Waals surface area contributed by atoms with Crippen LogP contribution in [-0.2, 0) is 9.59 Å². The van der Waals surface area contributed by atoms with Crippen molar-refractivity contribution in [2.45, 2.75) is 4.90 Å². The van der Waals surface area contributed by atoms with Crippen molar-refractivity contribution >= 4 is 29.3 Å². The van der Waals surface area contributed by atoms with E-state index >= 15 is 0 Å². The molecule has 0 atom stereocenters. The molecule has 1 aliphatic rings. The molecule has 2 amide bonds. The lowest BCUT2D eigenvalue weighted by molar-refractivity contribution is -0.124. The standard InChI is InChI=1S/C17H16N2O2S/c1-4-10-18(3)16(20)12-15-17(21)19(11-5-2)13-8-6-7-9-14(13)22-15/h1,5-9,12H,2,10-11H2,3H3/b15-12+. The molecule has 1 aromatic carbocycles. The van der Waals surface area contributed by atoms with Gasteiger partial charge in [0, 0.05) is 24.6 Å². The number of para-hydroxylation sites is 1. The number of thioether (sulfide) groups is 1. The molecule has 0 saturated heterocycles. The van der Waals surface area contributed by atoms with Crippen molar-refractivity contribution in [3.63, 3.8) is 0 Å². The molecule has 0 N–H and O–H groups in total. The predicted octanol–water partition coefficient (Wildman–Crippen LogP) is 2.29. The van der Waals surface area contributed by atoms with E-state index in [0.717, 1.165) is 10.6 Å². The lowest BCUT2D eigenvalue weighted by atomic mass is 10.2. The van der Waals surface area contributed by atoms with Crippen LogP contribution < -0.4 is 4.90 Å². The van der Waals surface area contributed by atoms with Crippen molar-refractivity contribution in [1.29, 1.82) is 0 Å². The fraction of sp³-hybridized carbons (Fsp3) is 0.176. The van der Waals surface area contributed by atoms with Gasteiger partial charge in [0.05, 0.1) is 17.1 Å². The summed E-state index contributed by atoms with van der Waals surface area (Å²) in [4.78, 5) is 29.0. The Morgan fingerprint density at radius 3 is 2.91 bits per heavy atom. The van der Waals surface area contributed by atoms with Gasteiger partial charge in [-0.1, -0.05) is 35.9 Å². The number of carbonyl (C=O) groups excluding carboxylic acids is 2. The third-order valence-corrected chi connectivity index (χ3v) is 4.18. The summed E-state index contributed by atoms with van der Waals surface area (Å²) in [5.74, 6) is 1.91. The van der Waals surface area contributed by atoms with Crippen LogP contribution in [0.2, 0.25) is 0 Å². The highest BCUT2D eigenvalue weighted by molar-refractivity contribution is 8.04. The maximum absolute atomic E-state index is 12.6. The van der Waals surface area contributed by atoms with Gasteiger partial charge >= 0.3 is 0 Å². The van der Waals surface area contributed by atoms with Gasteiger partial charge in [-0.15, -0.1) is 13.0 Å². The molecule has 0 radical (unpaired) electrons. The Bertz CT molecular complexity index is 688. The van der Waals surface area contributed by atoms with Crippen molar-refractivity contribution in [1.82, 2.24) is 4.90 Å². The van der Waals surface area contributed by atoms with E-state index in [9.17, 15) is 9.59 Å². The molecule has 112 valence electrons. The summed E-state index contributed by atoms with van der Waals surface area (Å²) < 4.78 is 0. The second-order valence-corrected chi connectivity index (χ2v) is 5.77. The zero-order valence-corrected chi connectivity index (χ0v) is 13.1. The molecule has 22 heavy (non-hydrogen) atoms. The molecule has 4 nitrogen and oxygen atoms in total. The smallest absolute Gasteiger partial charge is 0.265 e. The molecule has 0 fully saturated rings. The van der Waals surface area contributed by atoms with Crippen LogP contribution in [0.1, 0.15) is 0 Å². The molecule has 0 bridgehead atoms. The van der Waals surface area contributed by atoms with Gasteiger partial charge in [-0.2, -0.15) is 0 Å². The summed E-state index contributed by atoms with van der Waals surface area (Å²) >= 11 is 1.29. The molecule has 0 spiro atoms. The third-order valence-electron chi connectivity index (χ3n) is 3.10. The second-order valence-electron chi connectivity index (χ2n) is 4.68. The summed E-state index contributed by atoms with van der Waals surface area (Å²) in [6, 6.07) is 7.58. The molecule has 2 rings (SSSR count). The fourth-order valence-corrected chi connectivity index (χ4v) is 3.03. The molecule has 1 heterocycles. The average Bonchev–Trinajstić information content (AvgIpc) is 2.51. The van der Waals surface area contributed by atoms with Crippen LogP contribution in [0.25, 0.3) is 0 Å². The number of rotatable bonds is 4. The number of carbonyl (C=O) groups is 2. The van der Waals surface area contributed by atoms with Crippen molar-refractivity contribution in [2.75, 3.05) is 25.0 Å². The van der Waals surface area contributed by atoms with Gasteiger partial charge < -0.3 is 9.80 Å². The molecule has 1 aliphatic heterocycles. The lowest BCUT2D eigenvalue weighted by Gasteiger charge is -2.29. The largest absolute Gasteiger partial charge is 0.331 e. The number of terminal acetylenes is 1. The first kappa shape index (κ1) is 15.9. The molecule has 0 aliphatic carbocycles. The Morgan fingerprint density at radius 1 is 1.50 bits per heavy atom. The van der Waals surface area contributed by atoms with Crippen LogP contribution in [0.15, 0.2) is 52.8 Å². The SMILES string of the molecule is C#CCN(C)C(=O)/C=C1/Sc2ccccc2N(CC=C)C1=O. The summed E-state index contributed by atoms with van der Waals surface area (Å²) in [5, 5.41) is 0. The number of fused-ring (bicyclic) bond motifs is 1. The van der Waals surface area contributed by atoms with Crippen molar-refractivity contribution in [3.05, 3.63) is 47.9 Å². The Hall–Kier alpha value is -2.45. The Kier molecular flexibility index (Phi) is 5.08. The van der Waals surface area contributed by atoms with Crippen molar-refractivity contribution < 1.29 is 9.59 Å². The molecule has 0 saturated carbocycles. The van der Waals surface area contributed by atoms with E-state index < -0.39 is 0 Å². The van der Waals surface area contributed by atoms with E-state index in [0.29, 0.717) is 11.4 Å². The van der Waals surface area contributed by atoms with Gasteiger partial charge in [-0.3, -0.25) is 9.59 Å². The van der Waals surface area contributed by atoms with Crippen LogP contribution in [0.4, 0.5) is 5.69 Å². The average molecular weight is 312 g/mol. The minimum atomic E-state index is -0.285. The molecule has 0 aromatic heterocycles. The normalized spacial score (nSPS) is 15.2. The van der Waals surface area contributed by atoms with E-state index in [1.807, 2.05) is 24.3 Å². The Labute approximate surface area is 134 Å². The van der Waals surface area contributed by atoms with Crippen molar-refractivity contribution in [2.24, 2.45) is 0 Å². The number of hydrogen-bond acceptors (Lipinski definition) is 3. The van der Waals surface area contributed by atoms with E-state index in [2.05, 4.69) is 12.5 Å². The number of anilines is 1. The Balaban J connectivity index is 2.36. The minimum Gasteiger partial charge on any atom is -0.331 e. The van der Waals surface area contributed by atoms with Gasteiger partial charge in [0.15, 0.2) is 0 Å². The van der Waals surface area contributed by atoms with Crippen LogP contribution >= 0.6 is 11.8 Å². The first-order valence-electron chi connectivity index (χ1n) is 6.68. The second kappa shape index (κ2) is 7.01. The number of benzene rings is 1. The molecular weight excluding hydrogens is 296 g/mol. The quantitative estimate of drug-likeness (QED) is 0.486. The lowest BCUT2D eigenvalue weighted by Crippen LogP contribution is -2.35. The highest BCUT2D eigenvalue weighted by Crippen LogP contribution is 2.41. The van der Waals surface area contributed by atoms with Crippen LogP contribution in [0.3, 0.4) is 0 Å². The highest BCUT2D eigenvalue weighted by Gasteiger charge is 2.28. The minimum absolute atomic E-state index is 0.203. The topological polar surface area (TPSA) is 40.6 Å². The van der Waals surface area contributed by atoms with Gasteiger partial charge in [0.25, 0.3) is 5.91 Å². The highest BCUT2D eigenvalue weighted by atomic mass is 32.2. The maximum atomic E-state index is 12.6. The zero-order valence-electron chi connectivity index (χ0n) is 12.3. The van der Waals surface area contributed by atoms with Crippen LogP contribution in [0.5, 0.6) is 0 Å². The van der Waals surface area contributed by atoms with Gasteiger partial charge in [0.1, 0.15) is 0 Å². The molecule has 1 aromatic rings. The molecular formula is C17H16N2O2S. The third kappa shape index (κ3) is 3.23. The zero-order chi connectivity index (χ0) is 16.1. The van der Waals surface area contributed by atoms with Gasteiger partial charge in [-0.25, -0.2) is 0 Å². The first-order chi connectivity index (χ1) is 10.6. The molecule has 5 heteroatoms. The fourth-order valence-electron chi connectivity index (χ4n) is 2.01. The maximum Gasteiger partial charge on any atom is 0.265 e. The predicted molar refractivity (Wildman–Crippen MR) is 89.4 cm³/mol. The van der Waals surface area contributed by atoms with Crippen LogP contribution in [0, 0.1) is 12.3 Å². The van der Waals surface area contributed by atoms with Crippen molar-refractivity contribution in [3.8, 4) is 12.3 Å². The summed E-state index contributed by atoms with van der Waals surface area (Å²) in [6.07, 6.45) is 8.20. The monoisotopic (exact) mass is 312 g/mol. The van der Waals surface area contributed by atoms with E-state index in [4.69, 9.17) is 6.42 Å². The number of likely N-dealkylation sites (N-methyl/N-ethyl adjacent to an activating group) is 1. The summed E-state index contributed by atoms with van der Waals surface area (Å²) in [5.41, 5.74) is 0.832. The van der Waals surface area contributed by atoms with Gasteiger partial charge in [0.2, 0.25) is 5.91 Å². The number of nitrogens with zero attached hydrogens (tertiary/aromatic N) is 2. The van der Waals surface area contributed by atoms with E-state index in [1.54, 1.807) is 18.0 Å². The summed E-state index contributed by atoms with van der Waals surface area (Å²) in [6.45, 7) is 4.28. The van der Waals surface area contributed by atoms with Crippen LogP contribution in [-0.4, -0.2) is 36.9 Å². The number of hydrogen-bond donors (Lipinski definition) is 0. The molecule has 0 unspecified atom stereocenters. The number of amides is 2. The first-order valence-corrected chi connectivity index (χ1v) is 7.50. The van der Waals surface area contributed by atoms with E-state index in [-0.39, 0.29) is 18.4 Å².